The largest absolute Gasteiger partial charge is 0.343 e. The average molecular weight is 285 g/mol. The van der Waals surface area contributed by atoms with Gasteiger partial charge in [0.05, 0.1) is 0 Å². The molecule has 3 aromatic carbocycles. The Labute approximate surface area is 130 Å². The molecular formula is C21H19N. The van der Waals surface area contributed by atoms with E-state index in [0.29, 0.717) is 0 Å². The van der Waals surface area contributed by atoms with Crippen LogP contribution in [0.4, 0.5) is 0 Å². The molecule has 0 saturated carbocycles. The van der Waals surface area contributed by atoms with Gasteiger partial charge in [0.2, 0.25) is 0 Å². The van der Waals surface area contributed by atoms with E-state index in [1.807, 2.05) is 0 Å². The van der Waals surface area contributed by atoms with Crippen LogP contribution in [0.15, 0.2) is 72.9 Å². The van der Waals surface area contributed by atoms with Crippen LogP contribution in [0.2, 0.25) is 0 Å². The highest BCUT2D eigenvalue weighted by molar-refractivity contribution is 5.86. The standard InChI is InChI=1S/C21H19N/c1-2-16-10-11-21-18(14-16)12-13-22(21)15-19-8-5-7-17-6-3-4-9-20(17)19/h3-14H,2,15H2,1H3. The average Bonchev–Trinajstić information content (AvgIpc) is 2.97. The molecule has 0 saturated heterocycles. The summed E-state index contributed by atoms with van der Waals surface area (Å²) in [5, 5.41) is 3.99. The minimum atomic E-state index is 0.913. The summed E-state index contributed by atoms with van der Waals surface area (Å²) in [6.07, 6.45) is 3.29. The highest BCUT2D eigenvalue weighted by Crippen LogP contribution is 2.23. The van der Waals surface area contributed by atoms with Crippen LogP contribution in [0, 0.1) is 0 Å². The molecule has 4 aromatic rings. The first kappa shape index (κ1) is 13.1. The van der Waals surface area contributed by atoms with Crippen LogP contribution >= 0.6 is 0 Å². The smallest absolute Gasteiger partial charge is 0.0483 e. The molecule has 1 aromatic heterocycles. The van der Waals surface area contributed by atoms with Gasteiger partial charge in [-0.1, -0.05) is 55.5 Å². The predicted molar refractivity (Wildman–Crippen MR) is 94.4 cm³/mol. The van der Waals surface area contributed by atoms with Crippen molar-refractivity contribution in [1.82, 2.24) is 4.57 Å². The number of nitrogens with zero attached hydrogens (tertiary/aromatic N) is 1. The molecule has 0 spiro atoms. The van der Waals surface area contributed by atoms with E-state index in [1.54, 1.807) is 0 Å². The van der Waals surface area contributed by atoms with E-state index in [1.165, 1.54) is 32.8 Å². The van der Waals surface area contributed by atoms with Gasteiger partial charge in [0.15, 0.2) is 0 Å². The Balaban J connectivity index is 1.79. The van der Waals surface area contributed by atoms with Crippen LogP contribution in [0.25, 0.3) is 21.7 Å². The van der Waals surface area contributed by atoms with Gasteiger partial charge in [-0.2, -0.15) is 0 Å². The first-order valence-corrected chi connectivity index (χ1v) is 7.89. The molecule has 0 fully saturated rings. The van der Waals surface area contributed by atoms with Crippen molar-refractivity contribution in [2.45, 2.75) is 19.9 Å². The van der Waals surface area contributed by atoms with E-state index in [-0.39, 0.29) is 0 Å². The van der Waals surface area contributed by atoms with Crippen LogP contribution in [-0.4, -0.2) is 4.57 Å². The minimum Gasteiger partial charge on any atom is -0.343 e. The third-order valence-electron chi connectivity index (χ3n) is 4.46. The van der Waals surface area contributed by atoms with Gasteiger partial charge < -0.3 is 4.57 Å². The Kier molecular flexibility index (Phi) is 3.19. The van der Waals surface area contributed by atoms with Gasteiger partial charge in [0, 0.05) is 18.3 Å². The lowest BCUT2D eigenvalue weighted by atomic mass is 10.0. The molecule has 0 N–H and O–H groups in total. The van der Waals surface area contributed by atoms with Crippen molar-refractivity contribution in [3.63, 3.8) is 0 Å². The van der Waals surface area contributed by atoms with E-state index in [0.717, 1.165) is 13.0 Å². The number of hydrogen-bond donors (Lipinski definition) is 0. The maximum Gasteiger partial charge on any atom is 0.0483 e. The Morgan fingerprint density at radius 2 is 1.68 bits per heavy atom. The van der Waals surface area contributed by atoms with E-state index in [2.05, 4.69) is 84.4 Å². The van der Waals surface area contributed by atoms with Gasteiger partial charge in [0.1, 0.15) is 0 Å². The summed E-state index contributed by atoms with van der Waals surface area (Å²) in [6.45, 7) is 3.12. The monoisotopic (exact) mass is 285 g/mol. The van der Waals surface area contributed by atoms with E-state index < -0.39 is 0 Å². The maximum atomic E-state index is 2.34. The molecule has 0 aliphatic rings. The first-order chi connectivity index (χ1) is 10.8. The second kappa shape index (κ2) is 5.34. The zero-order valence-electron chi connectivity index (χ0n) is 12.8. The van der Waals surface area contributed by atoms with Crippen molar-refractivity contribution in [1.29, 1.82) is 0 Å². The molecule has 0 atom stereocenters. The van der Waals surface area contributed by atoms with Crippen LogP contribution < -0.4 is 0 Å². The topological polar surface area (TPSA) is 4.93 Å². The fraction of sp³-hybridized carbons (Fsp3) is 0.143. The van der Waals surface area contributed by atoms with Crippen molar-refractivity contribution in [2.24, 2.45) is 0 Å². The fourth-order valence-electron chi connectivity index (χ4n) is 3.22. The number of fused-ring (bicyclic) bond motifs is 2. The molecule has 108 valence electrons. The number of rotatable bonds is 3. The Morgan fingerprint density at radius 3 is 2.59 bits per heavy atom. The van der Waals surface area contributed by atoms with Gasteiger partial charge >= 0.3 is 0 Å². The molecule has 4 rings (SSSR count). The summed E-state index contributed by atoms with van der Waals surface area (Å²) in [7, 11) is 0. The zero-order chi connectivity index (χ0) is 14.9. The molecule has 0 aliphatic carbocycles. The number of aryl methyl sites for hydroxylation is 1. The van der Waals surface area contributed by atoms with Crippen LogP contribution in [0.3, 0.4) is 0 Å². The maximum absolute atomic E-state index is 2.34. The lowest BCUT2D eigenvalue weighted by Crippen LogP contribution is -1.98. The van der Waals surface area contributed by atoms with Crippen molar-refractivity contribution in [3.8, 4) is 0 Å². The minimum absolute atomic E-state index is 0.913. The lowest BCUT2D eigenvalue weighted by molar-refractivity contribution is 0.843. The normalized spacial score (nSPS) is 11.3. The SMILES string of the molecule is CCc1ccc2c(ccn2Cc2cccc3ccccc23)c1. The Hall–Kier alpha value is -2.54. The molecule has 22 heavy (non-hydrogen) atoms. The molecule has 0 bridgehead atoms. The second-order valence-electron chi connectivity index (χ2n) is 5.83. The third-order valence-corrected chi connectivity index (χ3v) is 4.46. The van der Waals surface area contributed by atoms with Crippen molar-refractivity contribution in [3.05, 3.63) is 84.1 Å². The van der Waals surface area contributed by atoms with E-state index >= 15 is 0 Å². The summed E-state index contributed by atoms with van der Waals surface area (Å²) < 4.78 is 2.34. The van der Waals surface area contributed by atoms with Gasteiger partial charge in [-0.3, -0.25) is 0 Å². The zero-order valence-corrected chi connectivity index (χ0v) is 12.8. The van der Waals surface area contributed by atoms with Crippen molar-refractivity contribution >= 4 is 21.7 Å². The number of aromatic nitrogens is 1. The lowest BCUT2D eigenvalue weighted by Gasteiger charge is -2.09. The molecule has 1 nitrogen and oxygen atoms in total. The van der Waals surface area contributed by atoms with Crippen LogP contribution in [0.5, 0.6) is 0 Å². The van der Waals surface area contributed by atoms with Gasteiger partial charge in [-0.25, -0.2) is 0 Å². The van der Waals surface area contributed by atoms with E-state index in [9.17, 15) is 0 Å². The van der Waals surface area contributed by atoms with Gasteiger partial charge in [0.25, 0.3) is 0 Å². The molecule has 0 aliphatic heterocycles. The summed E-state index contributed by atoms with van der Waals surface area (Å²) in [6, 6.07) is 24.2. The highest BCUT2D eigenvalue weighted by atomic mass is 14.9. The van der Waals surface area contributed by atoms with E-state index in [4.69, 9.17) is 0 Å². The number of hydrogen-bond acceptors (Lipinski definition) is 0. The summed E-state index contributed by atoms with van der Waals surface area (Å²) in [5.41, 5.74) is 4.08. The Bertz CT molecular complexity index is 941. The summed E-state index contributed by atoms with van der Waals surface area (Å²) in [5.74, 6) is 0. The Morgan fingerprint density at radius 1 is 0.818 bits per heavy atom. The molecule has 0 radical (unpaired) electrons. The second-order valence-corrected chi connectivity index (χ2v) is 5.83. The molecule has 1 heteroatoms. The highest BCUT2D eigenvalue weighted by Gasteiger charge is 2.05. The molecule has 1 heterocycles. The molecule has 0 amide bonds. The first-order valence-electron chi connectivity index (χ1n) is 7.89. The summed E-state index contributed by atoms with van der Waals surface area (Å²) >= 11 is 0. The summed E-state index contributed by atoms with van der Waals surface area (Å²) in [4.78, 5) is 0. The van der Waals surface area contributed by atoms with Gasteiger partial charge in [-0.15, -0.1) is 0 Å². The predicted octanol–water partition coefficient (Wildman–Crippen LogP) is 5.41. The van der Waals surface area contributed by atoms with Crippen LogP contribution in [-0.2, 0) is 13.0 Å². The van der Waals surface area contributed by atoms with Crippen LogP contribution in [0.1, 0.15) is 18.1 Å². The molecular weight excluding hydrogens is 266 g/mol. The quantitative estimate of drug-likeness (QED) is 0.474. The third kappa shape index (κ3) is 2.19. The van der Waals surface area contributed by atoms with Crippen molar-refractivity contribution in [2.75, 3.05) is 0 Å². The van der Waals surface area contributed by atoms with Gasteiger partial charge in [-0.05, 0) is 51.9 Å². The van der Waals surface area contributed by atoms with Crippen molar-refractivity contribution < 1.29 is 0 Å². The number of benzene rings is 3. The fourth-order valence-corrected chi connectivity index (χ4v) is 3.22. The molecule has 0 unspecified atom stereocenters.